The van der Waals surface area contributed by atoms with E-state index in [-0.39, 0.29) is 64.5 Å². The molecule has 5 nitrogen and oxygen atoms in total. The van der Waals surface area contributed by atoms with Gasteiger partial charge in [-0.05, 0) is 33.5 Å². The zero-order valence-electron chi connectivity index (χ0n) is 13.6. The molecule has 0 aromatic heterocycles. The van der Waals surface area contributed by atoms with Gasteiger partial charge in [0.15, 0.2) is 0 Å². The molecule has 0 radical (unpaired) electrons. The van der Waals surface area contributed by atoms with E-state index in [9.17, 15) is 22.5 Å². The minimum Gasteiger partial charge on any atom is -0.466 e. The van der Waals surface area contributed by atoms with Gasteiger partial charge in [0.25, 0.3) is 0 Å². The smallest absolute Gasteiger partial charge is 0.466 e. The Morgan fingerprint density at radius 1 is 1.23 bits per heavy atom. The van der Waals surface area contributed by atoms with Gasteiger partial charge in [0.05, 0.1) is 12.5 Å². The Hall–Kier alpha value is 0.231. The van der Waals surface area contributed by atoms with Crippen molar-refractivity contribution in [2.24, 2.45) is 5.92 Å². The average molecular weight is 349 g/mol. The third kappa shape index (κ3) is 6.39. The van der Waals surface area contributed by atoms with E-state index in [0.29, 0.717) is 0 Å². The molecule has 0 N–H and O–H groups in total. The summed E-state index contributed by atoms with van der Waals surface area (Å²) in [7, 11) is 0. The second-order valence-corrected chi connectivity index (χ2v) is 6.03. The van der Waals surface area contributed by atoms with Gasteiger partial charge in [-0.1, -0.05) is 0 Å². The molecule has 0 spiro atoms. The number of hydrogen-bond acceptors (Lipinski definition) is 4. The number of esters is 1. The van der Waals surface area contributed by atoms with E-state index in [1.165, 1.54) is 6.92 Å². The minimum absolute atomic E-state index is 0. The monoisotopic (exact) mass is 349 g/mol. The van der Waals surface area contributed by atoms with Crippen molar-refractivity contribution in [3.63, 3.8) is 0 Å². The van der Waals surface area contributed by atoms with Gasteiger partial charge in [-0.25, -0.2) is 4.79 Å². The first-order valence-electron chi connectivity index (χ1n) is 6.80. The van der Waals surface area contributed by atoms with Gasteiger partial charge in [-0.15, -0.1) is 0 Å². The number of halogens is 3. The summed E-state index contributed by atoms with van der Waals surface area (Å²) in [4.78, 5) is 24.4. The number of amides is 1. The fraction of sp³-hybridized carbons (Fsp3) is 0.833. The molecule has 1 rings (SSSR count). The Morgan fingerprint density at radius 3 is 2.18 bits per heavy atom. The van der Waals surface area contributed by atoms with E-state index in [0.717, 1.165) is 4.90 Å². The zero-order valence-corrected chi connectivity index (χ0v) is 16.7. The summed E-state index contributed by atoms with van der Waals surface area (Å²) in [6.45, 7) is 0.228. The molecule has 122 valence electrons. The molecule has 0 aliphatic carbocycles. The summed E-state index contributed by atoms with van der Waals surface area (Å²) in [5.41, 5.74) is -0.808. The Balaban J connectivity index is 0.00000441. The number of ether oxygens (including phenoxy) is 2. The van der Waals surface area contributed by atoms with Crippen LogP contribution in [0.1, 0.15) is 27.7 Å². The van der Waals surface area contributed by atoms with Gasteiger partial charge in [-0.2, -0.15) is 0 Å². The molecule has 10 heteroatoms. The standard InChI is InChI=1S/C12H20BF3NO4.K/c1-5-20-10(18)8-6-17(7-9(8)13(14,15)16)11(19)21-12(2,3)4;/h8-9H,5-7H2,1-4H3;/q-1;+1/t8-,9-;/m1./s1. The fourth-order valence-corrected chi connectivity index (χ4v) is 2.19. The van der Waals surface area contributed by atoms with Crippen LogP contribution < -0.4 is 51.4 Å². The average Bonchev–Trinajstić information content (AvgIpc) is 2.71. The third-order valence-electron chi connectivity index (χ3n) is 3.09. The first-order valence-corrected chi connectivity index (χ1v) is 6.80. The quantitative estimate of drug-likeness (QED) is 0.516. The van der Waals surface area contributed by atoms with Crippen LogP contribution in [-0.2, 0) is 14.3 Å². The van der Waals surface area contributed by atoms with Crippen LogP contribution in [0.5, 0.6) is 0 Å². The van der Waals surface area contributed by atoms with E-state index in [1.54, 1.807) is 20.8 Å². The van der Waals surface area contributed by atoms with Crippen molar-refractivity contribution in [1.82, 2.24) is 4.90 Å². The van der Waals surface area contributed by atoms with Crippen LogP contribution in [0.25, 0.3) is 0 Å². The van der Waals surface area contributed by atoms with Crippen LogP contribution in [0.4, 0.5) is 17.7 Å². The molecule has 0 aromatic rings. The second kappa shape index (κ2) is 8.37. The van der Waals surface area contributed by atoms with Gasteiger partial charge >= 0.3 is 70.4 Å². The van der Waals surface area contributed by atoms with Gasteiger partial charge in [0.1, 0.15) is 5.60 Å². The first kappa shape index (κ1) is 22.2. The minimum atomic E-state index is -5.25. The number of hydrogen-bond donors (Lipinski definition) is 0. The van der Waals surface area contributed by atoms with Crippen molar-refractivity contribution in [3.05, 3.63) is 0 Å². The number of nitrogens with zero attached hydrogens (tertiary/aromatic N) is 1. The van der Waals surface area contributed by atoms with E-state index in [4.69, 9.17) is 4.74 Å². The SMILES string of the molecule is CCOC(=O)[C@@H]1CN(C(=O)OC(C)(C)C)C[C@H]1[B-](F)(F)F.[K+]. The molecule has 1 heterocycles. The molecule has 1 fully saturated rings. The molecule has 1 aliphatic heterocycles. The molecule has 1 aliphatic rings. The fourth-order valence-electron chi connectivity index (χ4n) is 2.19. The summed E-state index contributed by atoms with van der Waals surface area (Å²) in [5, 5.41) is 0. The van der Waals surface area contributed by atoms with E-state index in [2.05, 4.69) is 4.74 Å². The first-order chi connectivity index (χ1) is 9.45. The molecule has 2 atom stereocenters. The third-order valence-corrected chi connectivity index (χ3v) is 3.09. The zero-order chi connectivity index (χ0) is 16.4. The normalized spacial score (nSPS) is 22.0. The maximum Gasteiger partial charge on any atom is 1.00 e. The van der Waals surface area contributed by atoms with Crippen LogP contribution >= 0.6 is 0 Å². The molecule has 0 saturated carbocycles. The molecule has 0 aromatic carbocycles. The van der Waals surface area contributed by atoms with E-state index >= 15 is 0 Å². The van der Waals surface area contributed by atoms with Crippen LogP contribution in [0, 0.1) is 5.92 Å². The van der Waals surface area contributed by atoms with Crippen molar-refractivity contribution >= 4 is 19.0 Å². The van der Waals surface area contributed by atoms with Crippen molar-refractivity contribution < 1.29 is 83.4 Å². The Morgan fingerprint density at radius 2 is 1.77 bits per heavy atom. The van der Waals surface area contributed by atoms with E-state index < -0.39 is 42.9 Å². The van der Waals surface area contributed by atoms with Crippen LogP contribution in [0.2, 0.25) is 5.82 Å². The molecule has 0 unspecified atom stereocenters. The molecule has 1 amide bonds. The molecule has 1 saturated heterocycles. The maximum absolute atomic E-state index is 13.1. The number of rotatable bonds is 3. The van der Waals surface area contributed by atoms with Gasteiger partial charge in [0, 0.05) is 13.1 Å². The Bertz CT molecular complexity index is 414. The largest absolute Gasteiger partial charge is 1.00 e. The van der Waals surface area contributed by atoms with Gasteiger partial charge in [0.2, 0.25) is 0 Å². The summed E-state index contributed by atoms with van der Waals surface area (Å²) in [6, 6.07) is 0. The Kier molecular flexibility index (Phi) is 8.45. The molecule has 0 bridgehead atoms. The maximum atomic E-state index is 13.1. The van der Waals surface area contributed by atoms with Crippen LogP contribution in [0.3, 0.4) is 0 Å². The molecular weight excluding hydrogens is 329 g/mol. The summed E-state index contributed by atoms with van der Waals surface area (Å²) in [5.74, 6) is -4.17. The van der Waals surface area contributed by atoms with Gasteiger partial charge in [-0.3, -0.25) is 4.79 Å². The van der Waals surface area contributed by atoms with Crippen molar-refractivity contribution in [3.8, 4) is 0 Å². The van der Waals surface area contributed by atoms with Gasteiger partial charge < -0.3 is 27.3 Å². The summed E-state index contributed by atoms with van der Waals surface area (Å²) >= 11 is 0. The van der Waals surface area contributed by atoms with Crippen molar-refractivity contribution in [2.45, 2.75) is 39.1 Å². The second-order valence-electron chi connectivity index (χ2n) is 6.03. The van der Waals surface area contributed by atoms with Crippen LogP contribution in [0.15, 0.2) is 0 Å². The number of carbonyl (C=O) groups is 2. The number of likely N-dealkylation sites (tertiary alicyclic amines) is 1. The van der Waals surface area contributed by atoms with E-state index in [1.807, 2.05) is 0 Å². The molecule has 22 heavy (non-hydrogen) atoms. The van der Waals surface area contributed by atoms with Crippen molar-refractivity contribution in [1.29, 1.82) is 0 Å². The topological polar surface area (TPSA) is 55.8 Å². The summed E-state index contributed by atoms with van der Waals surface area (Å²) < 4.78 is 48.9. The van der Waals surface area contributed by atoms with Crippen LogP contribution in [-0.4, -0.2) is 49.2 Å². The van der Waals surface area contributed by atoms with Crippen molar-refractivity contribution in [2.75, 3.05) is 19.7 Å². The predicted molar refractivity (Wildman–Crippen MR) is 70.8 cm³/mol. The molecular formula is C12H20BF3KNO4. The Labute approximate surface area is 170 Å². The predicted octanol–water partition coefficient (Wildman–Crippen LogP) is -0.362. The summed E-state index contributed by atoms with van der Waals surface area (Å²) in [6.07, 6.45) is -0.848. The number of carbonyl (C=O) groups excluding carboxylic acids is 2.